The first-order valence-corrected chi connectivity index (χ1v) is 6.93. The molecule has 4 heteroatoms. The third-order valence-corrected chi connectivity index (χ3v) is 3.70. The molecule has 1 aromatic carbocycles. The van der Waals surface area contributed by atoms with Crippen molar-refractivity contribution in [1.82, 2.24) is 4.90 Å². The van der Waals surface area contributed by atoms with Crippen molar-refractivity contribution >= 4 is 11.7 Å². The number of hydrogen-bond donors (Lipinski definition) is 1. The lowest BCUT2D eigenvalue weighted by molar-refractivity contribution is 0.0697. The number of rotatable bonds is 4. The second kappa shape index (κ2) is 6.06. The molecule has 1 fully saturated rings. The Morgan fingerprint density at radius 1 is 1.26 bits per heavy atom. The Bertz CT molecular complexity index is 451. The number of piperazine rings is 1. The van der Waals surface area contributed by atoms with Gasteiger partial charge in [0.2, 0.25) is 0 Å². The number of aryl methyl sites for hydroxylation is 1. The van der Waals surface area contributed by atoms with Gasteiger partial charge in [0.1, 0.15) is 0 Å². The second-order valence-electron chi connectivity index (χ2n) is 5.14. The number of aromatic carboxylic acids is 1. The van der Waals surface area contributed by atoms with Crippen LogP contribution in [0.5, 0.6) is 0 Å². The number of nitrogens with zero attached hydrogens (tertiary/aromatic N) is 2. The molecule has 1 aromatic rings. The summed E-state index contributed by atoms with van der Waals surface area (Å²) in [5, 5.41) is 8.98. The lowest BCUT2D eigenvalue weighted by Crippen LogP contribution is -2.46. The van der Waals surface area contributed by atoms with E-state index in [0.29, 0.717) is 5.56 Å². The lowest BCUT2D eigenvalue weighted by Gasteiger charge is -2.36. The van der Waals surface area contributed by atoms with Gasteiger partial charge in [0.05, 0.1) is 5.56 Å². The van der Waals surface area contributed by atoms with Gasteiger partial charge in [-0.3, -0.25) is 4.90 Å². The van der Waals surface area contributed by atoms with Crippen molar-refractivity contribution < 1.29 is 9.90 Å². The summed E-state index contributed by atoms with van der Waals surface area (Å²) in [5.41, 5.74) is 2.58. The van der Waals surface area contributed by atoms with Gasteiger partial charge in [-0.05, 0) is 43.7 Å². The fraction of sp³-hybridized carbons (Fsp3) is 0.533. The standard InChI is InChI=1S/C15H22N2O2/c1-3-6-16-7-9-17(10-8-16)14-5-4-13(15(18)19)11-12(14)2/h4-5,11H,3,6-10H2,1-2H3,(H,18,19). The first kappa shape index (κ1) is 13.9. The van der Waals surface area contributed by atoms with E-state index in [0.717, 1.165) is 31.7 Å². The van der Waals surface area contributed by atoms with E-state index in [1.165, 1.54) is 18.7 Å². The SMILES string of the molecule is CCCN1CCN(c2ccc(C(=O)O)cc2C)CC1. The van der Waals surface area contributed by atoms with Gasteiger partial charge in [-0.2, -0.15) is 0 Å². The van der Waals surface area contributed by atoms with Crippen molar-refractivity contribution in [3.63, 3.8) is 0 Å². The molecular formula is C15H22N2O2. The van der Waals surface area contributed by atoms with E-state index >= 15 is 0 Å². The lowest BCUT2D eigenvalue weighted by atomic mass is 10.1. The quantitative estimate of drug-likeness (QED) is 0.903. The van der Waals surface area contributed by atoms with E-state index in [4.69, 9.17) is 5.11 Å². The van der Waals surface area contributed by atoms with E-state index in [9.17, 15) is 4.79 Å². The molecule has 0 aromatic heterocycles. The van der Waals surface area contributed by atoms with Crippen LogP contribution in [0.1, 0.15) is 29.3 Å². The summed E-state index contributed by atoms with van der Waals surface area (Å²) in [4.78, 5) is 15.8. The molecule has 1 aliphatic rings. The highest BCUT2D eigenvalue weighted by Crippen LogP contribution is 2.22. The zero-order chi connectivity index (χ0) is 13.8. The van der Waals surface area contributed by atoms with E-state index in [1.54, 1.807) is 12.1 Å². The number of carboxylic acids is 1. The maximum absolute atomic E-state index is 10.9. The van der Waals surface area contributed by atoms with Gasteiger partial charge in [0.25, 0.3) is 0 Å². The van der Waals surface area contributed by atoms with Gasteiger partial charge in [-0.25, -0.2) is 4.79 Å². The van der Waals surface area contributed by atoms with Gasteiger partial charge in [-0.15, -0.1) is 0 Å². The highest BCUT2D eigenvalue weighted by Gasteiger charge is 2.18. The Morgan fingerprint density at radius 2 is 1.95 bits per heavy atom. The molecule has 2 rings (SSSR count). The molecule has 1 saturated heterocycles. The fourth-order valence-corrected chi connectivity index (χ4v) is 2.67. The van der Waals surface area contributed by atoms with Crippen molar-refractivity contribution in [3.05, 3.63) is 29.3 Å². The smallest absolute Gasteiger partial charge is 0.335 e. The molecule has 1 aliphatic heterocycles. The molecule has 0 aliphatic carbocycles. The summed E-state index contributed by atoms with van der Waals surface area (Å²) in [5.74, 6) is -0.859. The van der Waals surface area contributed by atoms with Gasteiger partial charge in [-0.1, -0.05) is 6.92 Å². The molecular weight excluding hydrogens is 240 g/mol. The maximum atomic E-state index is 10.9. The highest BCUT2D eigenvalue weighted by atomic mass is 16.4. The number of anilines is 1. The topological polar surface area (TPSA) is 43.8 Å². The Balaban J connectivity index is 2.05. The number of benzene rings is 1. The predicted molar refractivity (Wildman–Crippen MR) is 77.1 cm³/mol. The van der Waals surface area contributed by atoms with Crippen molar-refractivity contribution in [1.29, 1.82) is 0 Å². The summed E-state index contributed by atoms with van der Waals surface area (Å²) in [6.45, 7) is 9.59. The molecule has 0 amide bonds. The first-order chi connectivity index (χ1) is 9.11. The largest absolute Gasteiger partial charge is 0.478 e. The van der Waals surface area contributed by atoms with Crippen molar-refractivity contribution in [3.8, 4) is 0 Å². The maximum Gasteiger partial charge on any atom is 0.335 e. The molecule has 0 radical (unpaired) electrons. The zero-order valence-electron chi connectivity index (χ0n) is 11.7. The molecule has 1 N–H and O–H groups in total. The molecule has 19 heavy (non-hydrogen) atoms. The molecule has 104 valence electrons. The molecule has 0 saturated carbocycles. The van der Waals surface area contributed by atoms with Gasteiger partial charge in [0, 0.05) is 31.9 Å². The van der Waals surface area contributed by atoms with Crippen molar-refractivity contribution in [2.75, 3.05) is 37.6 Å². The van der Waals surface area contributed by atoms with Crippen LogP contribution in [0.15, 0.2) is 18.2 Å². The molecule has 0 spiro atoms. The summed E-state index contributed by atoms with van der Waals surface area (Å²) in [6, 6.07) is 5.40. The van der Waals surface area contributed by atoms with Crippen LogP contribution >= 0.6 is 0 Å². The van der Waals surface area contributed by atoms with Crippen LogP contribution in [0.2, 0.25) is 0 Å². The summed E-state index contributed by atoms with van der Waals surface area (Å²) in [6.07, 6.45) is 1.20. The van der Waals surface area contributed by atoms with Crippen LogP contribution in [0.25, 0.3) is 0 Å². The third-order valence-electron chi connectivity index (χ3n) is 3.70. The minimum Gasteiger partial charge on any atom is -0.478 e. The van der Waals surface area contributed by atoms with E-state index in [-0.39, 0.29) is 0 Å². The minimum atomic E-state index is -0.859. The van der Waals surface area contributed by atoms with E-state index in [2.05, 4.69) is 16.7 Å². The molecule has 0 unspecified atom stereocenters. The van der Waals surface area contributed by atoms with Crippen molar-refractivity contribution in [2.45, 2.75) is 20.3 Å². The van der Waals surface area contributed by atoms with E-state index in [1.807, 2.05) is 13.0 Å². The normalized spacial score (nSPS) is 16.6. The Labute approximate surface area is 114 Å². The first-order valence-electron chi connectivity index (χ1n) is 6.93. The number of hydrogen-bond acceptors (Lipinski definition) is 3. The molecule has 0 bridgehead atoms. The van der Waals surface area contributed by atoms with Crippen LogP contribution in [-0.4, -0.2) is 48.7 Å². The van der Waals surface area contributed by atoms with Crippen LogP contribution < -0.4 is 4.90 Å². The van der Waals surface area contributed by atoms with Crippen molar-refractivity contribution in [2.24, 2.45) is 0 Å². The van der Waals surface area contributed by atoms with Crippen LogP contribution in [-0.2, 0) is 0 Å². The van der Waals surface area contributed by atoms with Gasteiger partial charge in [0.15, 0.2) is 0 Å². The summed E-state index contributed by atoms with van der Waals surface area (Å²) in [7, 11) is 0. The van der Waals surface area contributed by atoms with Gasteiger partial charge >= 0.3 is 5.97 Å². The molecule has 0 atom stereocenters. The van der Waals surface area contributed by atoms with Crippen LogP contribution in [0.3, 0.4) is 0 Å². The monoisotopic (exact) mass is 262 g/mol. The zero-order valence-corrected chi connectivity index (χ0v) is 11.7. The molecule has 1 heterocycles. The predicted octanol–water partition coefficient (Wildman–Crippen LogP) is 2.23. The second-order valence-corrected chi connectivity index (χ2v) is 5.14. The highest BCUT2D eigenvalue weighted by molar-refractivity contribution is 5.88. The fourth-order valence-electron chi connectivity index (χ4n) is 2.67. The Hall–Kier alpha value is -1.55. The van der Waals surface area contributed by atoms with Gasteiger partial charge < -0.3 is 10.0 Å². The Morgan fingerprint density at radius 3 is 2.47 bits per heavy atom. The Kier molecular flexibility index (Phi) is 4.43. The van der Waals surface area contributed by atoms with E-state index < -0.39 is 5.97 Å². The minimum absolute atomic E-state index is 0.367. The van der Waals surface area contributed by atoms with Crippen LogP contribution in [0.4, 0.5) is 5.69 Å². The summed E-state index contributed by atoms with van der Waals surface area (Å²) < 4.78 is 0. The average Bonchev–Trinajstić information content (AvgIpc) is 2.40. The number of carboxylic acid groups (broad SMARTS) is 1. The average molecular weight is 262 g/mol. The third kappa shape index (κ3) is 3.26. The van der Waals surface area contributed by atoms with Crippen LogP contribution in [0, 0.1) is 6.92 Å². The molecule has 4 nitrogen and oxygen atoms in total. The number of carbonyl (C=O) groups is 1. The summed E-state index contributed by atoms with van der Waals surface area (Å²) >= 11 is 0.